The van der Waals surface area contributed by atoms with Crippen LogP contribution in [0, 0.1) is 0 Å². The molecule has 0 radical (unpaired) electrons. The van der Waals surface area contributed by atoms with E-state index in [9.17, 15) is 21.6 Å². The van der Waals surface area contributed by atoms with E-state index in [-0.39, 0.29) is 6.61 Å². The molecular weight excluding hydrogens is 251 g/mol. The van der Waals surface area contributed by atoms with Gasteiger partial charge in [-0.15, -0.1) is 0 Å². The van der Waals surface area contributed by atoms with Crippen molar-refractivity contribution in [3.8, 4) is 0 Å². The lowest BCUT2D eigenvalue weighted by atomic mass is 10.4. The number of hydrogen-bond donors (Lipinski definition) is 1. The largest absolute Gasteiger partial charge is 0.511 e. The van der Waals surface area contributed by atoms with Crippen LogP contribution in [0.3, 0.4) is 0 Å². The molecule has 0 unspecified atom stereocenters. The molecule has 1 N–H and O–H groups in total. The molecule has 1 atom stereocenters. The second-order valence-electron chi connectivity index (χ2n) is 3.75. The van der Waals surface area contributed by atoms with Crippen LogP contribution in [0.15, 0.2) is 0 Å². The van der Waals surface area contributed by atoms with Gasteiger partial charge >= 0.3 is 15.5 Å². The van der Waals surface area contributed by atoms with Crippen molar-refractivity contribution < 1.29 is 31.1 Å². The summed E-state index contributed by atoms with van der Waals surface area (Å²) in [5, 5.41) is 0. The van der Waals surface area contributed by atoms with Gasteiger partial charge in [-0.3, -0.25) is 0 Å². The number of nitrogens with one attached hydrogen (secondary N) is 1. The maximum absolute atomic E-state index is 11.9. The molecule has 1 heterocycles. The molecule has 1 aliphatic rings. The fourth-order valence-corrected chi connectivity index (χ4v) is 1.72. The minimum Gasteiger partial charge on any atom is -0.348 e. The normalized spacial score (nSPS) is 25.9. The Morgan fingerprint density at radius 2 is 2.00 bits per heavy atom. The number of rotatable bonds is 3. The maximum atomic E-state index is 11.9. The second kappa shape index (κ2) is 4.13. The number of ether oxygens (including phenoxy) is 2. The van der Waals surface area contributed by atoms with Gasteiger partial charge in [0.25, 0.3) is 0 Å². The van der Waals surface area contributed by atoms with Crippen molar-refractivity contribution >= 4 is 10.0 Å². The molecule has 0 saturated carbocycles. The van der Waals surface area contributed by atoms with Crippen molar-refractivity contribution in [1.82, 2.24) is 4.72 Å². The highest BCUT2D eigenvalue weighted by molar-refractivity contribution is 7.90. The number of alkyl halides is 3. The first-order valence-electron chi connectivity index (χ1n) is 4.41. The van der Waals surface area contributed by atoms with Crippen LogP contribution in [-0.4, -0.2) is 39.0 Å². The molecule has 5 nitrogen and oxygen atoms in total. The number of halogens is 3. The molecule has 0 aromatic carbocycles. The Labute approximate surface area is 91.0 Å². The highest BCUT2D eigenvalue weighted by Crippen LogP contribution is 2.24. The topological polar surface area (TPSA) is 64.6 Å². The SMILES string of the molecule is CC1(C)OC[C@H](CNS(=O)(=O)C(F)(F)F)O1. The monoisotopic (exact) mass is 263 g/mol. The van der Waals surface area contributed by atoms with Crippen LogP contribution in [0.2, 0.25) is 0 Å². The summed E-state index contributed by atoms with van der Waals surface area (Å²) in [6.07, 6.45) is -0.716. The third kappa shape index (κ3) is 3.30. The van der Waals surface area contributed by atoms with Crippen LogP contribution in [0.5, 0.6) is 0 Å². The lowest BCUT2D eigenvalue weighted by Gasteiger charge is -2.17. The Morgan fingerprint density at radius 1 is 1.44 bits per heavy atom. The Hall–Kier alpha value is -0.380. The van der Waals surface area contributed by atoms with Gasteiger partial charge in [0.15, 0.2) is 5.79 Å². The minimum atomic E-state index is -5.31. The molecule has 0 bridgehead atoms. The lowest BCUT2D eigenvalue weighted by molar-refractivity contribution is -0.137. The standard InChI is InChI=1S/C7H12F3NO4S/c1-6(2)14-4-5(15-6)3-11-16(12,13)7(8,9)10/h5,11H,3-4H2,1-2H3/t5-/m0/s1. The predicted octanol–water partition coefficient (Wildman–Crippen LogP) is 0.577. The van der Waals surface area contributed by atoms with E-state index in [1.807, 2.05) is 0 Å². The van der Waals surface area contributed by atoms with Gasteiger partial charge in [-0.25, -0.2) is 13.1 Å². The van der Waals surface area contributed by atoms with E-state index in [1.165, 1.54) is 4.72 Å². The third-order valence-electron chi connectivity index (χ3n) is 1.87. The molecule has 16 heavy (non-hydrogen) atoms. The van der Waals surface area contributed by atoms with Gasteiger partial charge in [-0.1, -0.05) is 0 Å². The summed E-state index contributed by atoms with van der Waals surface area (Å²) in [4.78, 5) is 0. The summed E-state index contributed by atoms with van der Waals surface area (Å²) < 4.78 is 68.7. The molecule has 0 aromatic heterocycles. The van der Waals surface area contributed by atoms with Crippen LogP contribution in [-0.2, 0) is 19.5 Å². The van der Waals surface area contributed by atoms with E-state index < -0.39 is 34.0 Å². The van der Waals surface area contributed by atoms with Crippen LogP contribution in [0.4, 0.5) is 13.2 Å². The summed E-state index contributed by atoms with van der Waals surface area (Å²) in [5.41, 5.74) is -5.30. The zero-order chi connectivity index (χ0) is 12.6. The smallest absolute Gasteiger partial charge is 0.348 e. The van der Waals surface area contributed by atoms with Crippen LogP contribution < -0.4 is 4.72 Å². The van der Waals surface area contributed by atoms with E-state index in [0.29, 0.717) is 0 Å². The van der Waals surface area contributed by atoms with Gasteiger partial charge in [-0.05, 0) is 13.8 Å². The predicted molar refractivity (Wildman–Crippen MR) is 47.9 cm³/mol. The van der Waals surface area contributed by atoms with E-state index in [0.717, 1.165) is 0 Å². The molecule has 0 aromatic rings. The number of sulfonamides is 1. The van der Waals surface area contributed by atoms with E-state index in [4.69, 9.17) is 9.47 Å². The molecular formula is C7H12F3NO4S. The first kappa shape index (κ1) is 13.7. The van der Waals surface area contributed by atoms with E-state index >= 15 is 0 Å². The van der Waals surface area contributed by atoms with Gasteiger partial charge in [0.1, 0.15) is 0 Å². The molecule has 0 spiro atoms. The van der Waals surface area contributed by atoms with Gasteiger partial charge in [0.05, 0.1) is 12.7 Å². The second-order valence-corrected chi connectivity index (χ2v) is 5.51. The molecule has 1 aliphatic heterocycles. The summed E-state index contributed by atoms with van der Waals surface area (Å²) in [5.74, 6) is -0.895. The highest BCUT2D eigenvalue weighted by atomic mass is 32.2. The average molecular weight is 263 g/mol. The summed E-state index contributed by atoms with van der Waals surface area (Å²) in [7, 11) is -5.31. The van der Waals surface area contributed by atoms with Crippen molar-refractivity contribution in [2.24, 2.45) is 0 Å². The van der Waals surface area contributed by atoms with Crippen LogP contribution in [0.25, 0.3) is 0 Å². The van der Waals surface area contributed by atoms with Crippen molar-refractivity contribution in [1.29, 1.82) is 0 Å². The Balaban J connectivity index is 2.48. The summed E-state index contributed by atoms with van der Waals surface area (Å²) >= 11 is 0. The van der Waals surface area contributed by atoms with Crippen LogP contribution >= 0.6 is 0 Å². The zero-order valence-corrected chi connectivity index (χ0v) is 9.48. The first-order valence-corrected chi connectivity index (χ1v) is 5.89. The Kier molecular flexibility index (Phi) is 3.53. The van der Waals surface area contributed by atoms with Crippen LogP contribution in [0.1, 0.15) is 13.8 Å². The molecule has 0 aliphatic carbocycles. The van der Waals surface area contributed by atoms with Gasteiger partial charge in [-0.2, -0.15) is 13.2 Å². The quantitative estimate of drug-likeness (QED) is 0.808. The van der Waals surface area contributed by atoms with Gasteiger partial charge in [0.2, 0.25) is 0 Å². The Morgan fingerprint density at radius 3 is 2.38 bits per heavy atom. The first-order chi connectivity index (χ1) is 7.04. The molecule has 96 valence electrons. The Bertz CT molecular complexity index is 351. The lowest BCUT2D eigenvalue weighted by Crippen LogP contribution is -2.41. The van der Waals surface area contributed by atoms with E-state index in [2.05, 4.69) is 0 Å². The molecule has 1 rings (SSSR count). The molecule has 0 amide bonds. The average Bonchev–Trinajstić information content (AvgIpc) is 2.40. The van der Waals surface area contributed by atoms with Gasteiger partial charge in [0, 0.05) is 6.54 Å². The van der Waals surface area contributed by atoms with E-state index in [1.54, 1.807) is 13.8 Å². The fourth-order valence-electron chi connectivity index (χ4n) is 1.15. The van der Waals surface area contributed by atoms with Crippen molar-refractivity contribution in [2.75, 3.05) is 13.2 Å². The highest BCUT2D eigenvalue weighted by Gasteiger charge is 2.46. The maximum Gasteiger partial charge on any atom is 0.511 e. The van der Waals surface area contributed by atoms with Crippen molar-refractivity contribution in [3.63, 3.8) is 0 Å². The minimum absolute atomic E-state index is 0.0490. The molecule has 9 heteroatoms. The van der Waals surface area contributed by atoms with Crippen molar-refractivity contribution in [3.05, 3.63) is 0 Å². The van der Waals surface area contributed by atoms with Crippen molar-refractivity contribution in [2.45, 2.75) is 31.2 Å². The van der Waals surface area contributed by atoms with Gasteiger partial charge < -0.3 is 9.47 Å². The molecule has 1 fully saturated rings. The summed E-state index contributed by atoms with van der Waals surface area (Å²) in [6.45, 7) is 2.76. The molecule has 1 saturated heterocycles. The zero-order valence-electron chi connectivity index (χ0n) is 8.67. The fraction of sp³-hybridized carbons (Fsp3) is 1.00. The summed E-state index contributed by atoms with van der Waals surface area (Å²) in [6, 6.07) is 0. The third-order valence-corrected chi connectivity index (χ3v) is 3.03. The number of hydrogen-bond acceptors (Lipinski definition) is 4.